The molecule has 0 spiro atoms. The van der Waals surface area contributed by atoms with Crippen molar-refractivity contribution in [2.45, 2.75) is 117 Å². The van der Waals surface area contributed by atoms with Crippen LogP contribution in [0.4, 0.5) is 4.39 Å². The first-order valence-electron chi connectivity index (χ1n) is 13.6. The molecule has 2 aliphatic carbocycles. The Balaban J connectivity index is 1.39. The number of benzene rings is 1. The summed E-state index contributed by atoms with van der Waals surface area (Å²) in [6.07, 6.45) is 19.4. The molecule has 2 saturated carbocycles. The van der Waals surface area contributed by atoms with Gasteiger partial charge in [-0.1, -0.05) is 71.3 Å². The summed E-state index contributed by atoms with van der Waals surface area (Å²) < 4.78 is 19.9. The van der Waals surface area contributed by atoms with Crippen LogP contribution in [0.15, 0.2) is 18.2 Å². The molecule has 0 unspecified atom stereocenters. The predicted octanol–water partition coefficient (Wildman–Crippen LogP) is 8.66. The summed E-state index contributed by atoms with van der Waals surface area (Å²) >= 11 is 0. The van der Waals surface area contributed by atoms with E-state index in [0.29, 0.717) is 0 Å². The molecule has 1 aromatic carbocycles. The van der Waals surface area contributed by atoms with Crippen LogP contribution in [0.3, 0.4) is 0 Å². The molecule has 0 saturated heterocycles. The van der Waals surface area contributed by atoms with Gasteiger partial charge >= 0.3 is 5.97 Å². The number of aryl methyl sites for hydroxylation is 1. The Hall–Kier alpha value is -1.38. The lowest BCUT2D eigenvalue weighted by Crippen LogP contribution is -2.30. The zero-order valence-corrected chi connectivity index (χ0v) is 20.5. The monoisotopic (exact) mass is 444 g/mol. The van der Waals surface area contributed by atoms with Crippen LogP contribution in [0.1, 0.15) is 116 Å². The van der Waals surface area contributed by atoms with Crippen LogP contribution in [0.25, 0.3) is 0 Å². The fourth-order valence-corrected chi connectivity index (χ4v) is 6.01. The van der Waals surface area contributed by atoms with Crippen molar-refractivity contribution in [2.24, 2.45) is 23.7 Å². The third-order valence-corrected chi connectivity index (χ3v) is 8.16. The third-order valence-electron chi connectivity index (χ3n) is 8.16. The van der Waals surface area contributed by atoms with Crippen molar-refractivity contribution < 1.29 is 13.9 Å². The van der Waals surface area contributed by atoms with E-state index in [-0.39, 0.29) is 17.6 Å². The predicted molar refractivity (Wildman–Crippen MR) is 130 cm³/mol. The minimum atomic E-state index is -0.406. The summed E-state index contributed by atoms with van der Waals surface area (Å²) in [7, 11) is 0. The highest BCUT2D eigenvalue weighted by atomic mass is 19.1. The van der Waals surface area contributed by atoms with Gasteiger partial charge in [0.05, 0.1) is 5.92 Å². The number of esters is 1. The average Bonchev–Trinajstić information content (AvgIpc) is 2.82. The molecule has 0 amide bonds. The van der Waals surface area contributed by atoms with Crippen molar-refractivity contribution in [1.82, 2.24) is 0 Å². The Bertz CT molecular complexity index is 684. The average molecular weight is 445 g/mol. The second-order valence-corrected chi connectivity index (χ2v) is 10.5. The van der Waals surface area contributed by atoms with E-state index >= 15 is 0 Å². The Morgan fingerprint density at radius 1 is 0.875 bits per heavy atom. The maximum atomic E-state index is 14.4. The van der Waals surface area contributed by atoms with Crippen molar-refractivity contribution in [3.05, 3.63) is 29.6 Å². The van der Waals surface area contributed by atoms with Crippen molar-refractivity contribution in [2.75, 3.05) is 0 Å². The van der Waals surface area contributed by atoms with Gasteiger partial charge in [-0.25, -0.2) is 4.39 Å². The molecule has 3 rings (SSSR count). The number of carbonyl (C=O) groups is 1. The number of unbranched alkanes of at least 4 members (excludes halogenated alkanes) is 4. The summed E-state index contributed by atoms with van der Waals surface area (Å²) in [4.78, 5) is 12.7. The van der Waals surface area contributed by atoms with E-state index in [0.717, 1.165) is 74.7 Å². The van der Waals surface area contributed by atoms with Gasteiger partial charge in [0, 0.05) is 0 Å². The van der Waals surface area contributed by atoms with Crippen LogP contribution in [0, 0.1) is 29.5 Å². The lowest BCUT2D eigenvalue weighted by molar-refractivity contribution is -0.140. The molecule has 0 radical (unpaired) electrons. The van der Waals surface area contributed by atoms with Gasteiger partial charge in [0.15, 0.2) is 11.6 Å². The van der Waals surface area contributed by atoms with E-state index in [4.69, 9.17) is 4.74 Å². The molecule has 180 valence electrons. The highest BCUT2D eigenvalue weighted by Gasteiger charge is 2.33. The number of ether oxygens (including phenoxy) is 1. The molecule has 2 fully saturated rings. The minimum Gasteiger partial charge on any atom is -0.423 e. The van der Waals surface area contributed by atoms with Crippen molar-refractivity contribution >= 4 is 5.97 Å². The SMILES string of the molecule is CCCCCc1ccc(OC(=O)C2CCC([C@H]3CC[C@H](CCCCC)CC3)CC2)c(F)c1. The fourth-order valence-electron chi connectivity index (χ4n) is 6.01. The van der Waals surface area contributed by atoms with Crippen LogP contribution >= 0.6 is 0 Å². The zero-order valence-electron chi connectivity index (χ0n) is 20.5. The largest absolute Gasteiger partial charge is 0.423 e. The van der Waals surface area contributed by atoms with Crippen molar-refractivity contribution in [3.63, 3.8) is 0 Å². The molecule has 2 aliphatic rings. The topological polar surface area (TPSA) is 26.3 Å². The first kappa shape index (κ1) is 25.2. The molecule has 0 N–H and O–H groups in total. The van der Waals surface area contributed by atoms with E-state index < -0.39 is 5.82 Å². The van der Waals surface area contributed by atoms with Crippen molar-refractivity contribution in [1.29, 1.82) is 0 Å². The van der Waals surface area contributed by atoms with Crippen molar-refractivity contribution in [3.8, 4) is 5.75 Å². The van der Waals surface area contributed by atoms with Crippen LogP contribution in [-0.4, -0.2) is 5.97 Å². The fraction of sp³-hybridized carbons (Fsp3) is 0.759. The van der Waals surface area contributed by atoms with E-state index in [1.54, 1.807) is 6.07 Å². The molecule has 32 heavy (non-hydrogen) atoms. The highest BCUT2D eigenvalue weighted by molar-refractivity contribution is 5.75. The van der Waals surface area contributed by atoms with Gasteiger partial charge in [0.25, 0.3) is 0 Å². The van der Waals surface area contributed by atoms with Crippen LogP contribution in [0.2, 0.25) is 0 Å². The Kier molecular flexibility index (Phi) is 10.5. The maximum absolute atomic E-state index is 14.4. The van der Waals surface area contributed by atoms with Gasteiger partial charge in [-0.2, -0.15) is 0 Å². The van der Waals surface area contributed by atoms with Gasteiger partial charge in [-0.15, -0.1) is 0 Å². The second kappa shape index (κ2) is 13.4. The summed E-state index contributed by atoms with van der Waals surface area (Å²) in [6.45, 7) is 4.45. The molecular weight excluding hydrogens is 399 g/mol. The first-order chi connectivity index (χ1) is 15.6. The van der Waals surface area contributed by atoms with E-state index in [1.807, 2.05) is 6.07 Å². The van der Waals surface area contributed by atoms with Gasteiger partial charge < -0.3 is 4.74 Å². The Morgan fingerprint density at radius 2 is 1.50 bits per heavy atom. The van der Waals surface area contributed by atoms with Gasteiger partial charge in [0.2, 0.25) is 0 Å². The molecule has 3 heteroatoms. The van der Waals surface area contributed by atoms with Gasteiger partial charge in [0.1, 0.15) is 0 Å². The molecule has 1 aromatic rings. The molecule has 0 bridgehead atoms. The smallest absolute Gasteiger partial charge is 0.314 e. The summed E-state index contributed by atoms with van der Waals surface area (Å²) in [5.74, 6) is 1.97. The van der Waals surface area contributed by atoms with E-state index in [2.05, 4.69) is 13.8 Å². The minimum absolute atomic E-state index is 0.0692. The molecule has 0 heterocycles. The van der Waals surface area contributed by atoms with Crippen LogP contribution < -0.4 is 4.74 Å². The Morgan fingerprint density at radius 3 is 2.12 bits per heavy atom. The number of hydrogen-bond donors (Lipinski definition) is 0. The normalized spacial score (nSPS) is 26.1. The standard InChI is InChI=1S/C29H45FO2/c1-3-5-7-9-22-11-14-24(15-12-22)25-16-18-26(19-17-25)29(31)32-28-20-13-23(21-27(28)30)10-8-6-4-2/h13,20-22,24-26H,3-12,14-19H2,1-2H3/t22-,24-,25?,26?. The summed E-state index contributed by atoms with van der Waals surface area (Å²) in [5, 5.41) is 0. The quantitative estimate of drug-likeness (QED) is 0.194. The number of carbonyl (C=O) groups excluding carboxylic acids is 1. The second-order valence-electron chi connectivity index (χ2n) is 10.5. The summed E-state index contributed by atoms with van der Waals surface area (Å²) in [6, 6.07) is 5.07. The summed E-state index contributed by atoms with van der Waals surface area (Å²) in [5.41, 5.74) is 0.983. The van der Waals surface area contributed by atoms with Crippen LogP contribution in [0.5, 0.6) is 5.75 Å². The molecular formula is C29H45FO2. The van der Waals surface area contributed by atoms with E-state index in [9.17, 15) is 9.18 Å². The van der Waals surface area contributed by atoms with Gasteiger partial charge in [-0.3, -0.25) is 4.79 Å². The molecule has 0 atom stereocenters. The lowest BCUT2D eigenvalue weighted by Gasteiger charge is -2.37. The number of hydrogen-bond acceptors (Lipinski definition) is 2. The molecule has 0 aliphatic heterocycles. The lowest BCUT2D eigenvalue weighted by atomic mass is 9.68. The molecule has 0 aromatic heterocycles. The maximum Gasteiger partial charge on any atom is 0.314 e. The number of halogens is 1. The molecule has 2 nitrogen and oxygen atoms in total. The van der Waals surface area contributed by atoms with Gasteiger partial charge in [-0.05, 0) is 86.8 Å². The highest BCUT2D eigenvalue weighted by Crippen LogP contribution is 2.42. The first-order valence-corrected chi connectivity index (χ1v) is 13.6. The third kappa shape index (κ3) is 7.59. The Labute approximate surface area is 195 Å². The van der Waals surface area contributed by atoms with Crippen LogP contribution in [-0.2, 0) is 11.2 Å². The van der Waals surface area contributed by atoms with E-state index in [1.165, 1.54) is 57.4 Å². The zero-order chi connectivity index (χ0) is 22.8. The number of rotatable bonds is 11.